The van der Waals surface area contributed by atoms with Crippen molar-refractivity contribution in [1.29, 1.82) is 0 Å². The number of rotatable bonds is 7. The maximum absolute atomic E-state index is 13.1. The van der Waals surface area contributed by atoms with Gasteiger partial charge in [-0.2, -0.15) is 8.78 Å². The molecule has 2 unspecified atom stereocenters. The maximum Gasteiger partial charge on any atom is 0.387 e. The van der Waals surface area contributed by atoms with Gasteiger partial charge in [0.2, 0.25) is 0 Å². The van der Waals surface area contributed by atoms with E-state index in [0.29, 0.717) is 0 Å². The van der Waals surface area contributed by atoms with Crippen LogP contribution in [0.15, 0.2) is 40.5 Å². The first-order valence-corrected chi connectivity index (χ1v) is 12.3. The fraction of sp³-hybridized carbons (Fsp3) is 0.389. The van der Waals surface area contributed by atoms with Crippen LogP contribution in [0.2, 0.25) is 0 Å². The van der Waals surface area contributed by atoms with E-state index in [0.717, 1.165) is 14.2 Å². The highest BCUT2D eigenvalue weighted by atomic mass is 79.9. The van der Waals surface area contributed by atoms with Gasteiger partial charge in [-0.15, -0.1) is 0 Å². The molecule has 2 rings (SSSR count). The summed E-state index contributed by atoms with van der Waals surface area (Å²) in [5.41, 5.74) is 0.0540. The van der Waals surface area contributed by atoms with Crippen molar-refractivity contribution in [2.45, 2.75) is 24.9 Å². The van der Waals surface area contributed by atoms with Crippen LogP contribution in [0.4, 0.5) is 8.78 Å². The summed E-state index contributed by atoms with van der Waals surface area (Å²) in [6.07, 6.45) is 0. The molecular weight excluding hydrogens is 703 g/mol. The van der Waals surface area contributed by atoms with Gasteiger partial charge in [-0.3, -0.25) is 4.99 Å². The molecule has 0 N–H and O–H groups in total. The summed E-state index contributed by atoms with van der Waals surface area (Å²) in [6, 6.07) is 5.68. The molecule has 170 valence electrons. The summed E-state index contributed by atoms with van der Waals surface area (Å²) in [5.74, 6) is -3.47. The standard InChI is InChI=1S/C18H14Br4ClF2NO5/c1-29-15(27)9-10(7-5-3-4-6-8(7)31-17(24)25)18(23,16(28)30-2)12(14(21)22)26-11(9)13(19)20/h3-6,10,13-14,17H,1-2H3. The summed E-state index contributed by atoms with van der Waals surface area (Å²) in [7, 11) is 2.24. The summed E-state index contributed by atoms with van der Waals surface area (Å²) in [4.78, 5) is 28.1. The summed E-state index contributed by atoms with van der Waals surface area (Å²) in [6.45, 7) is -3.16. The molecule has 0 radical (unpaired) electrons. The highest BCUT2D eigenvalue weighted by molar-refractivity contribution is 9.25. The molecule has 0 aliphatic carbocycles. The first kappa shape index (κ1) is 26.7. The maximum atomic E-state index is 13.1. The van der Waals surface area contributed by atoms with Crippen molar-refractivity contribution in [1.82, 2.24) is 0 Å². The topological polar surface area (TPSA) is 74.2 Å². The zero-order valence-corrected chi connectivity index (χ0v) is 22.9. The molecule has 0 fully saturated rings. The minimum Gasteiger partial charge on any atom is -0.467 e. The second kappa shape index (κ2) is 11.0. The number of nitrogens with zero attached hydrogens (tertiary/aromatic N) is 1. The van der Waals surface area contributed by atoms with E-state index in [4.69, 9.17) is 21.1 Å². The number of aliphatic imine (C=N–C) groups is 1. The summed E-state index contributed by atoms with van der Waals surface area (Å²) in [5, 5.41) is 0. The first-order valence-electron chi connectivity index (χ1n) is 8.29. The smallest absolute Gasteiger partial charge is 0.387 e. The number of hydrogen-bond acceptors (Lipinski definition) is 6. The van der Waals surface area contributed by atoms with E-state index < -0.39 is 36.8 Å². The zero-order valence-electron chi connectivity index (χ0n) is 15.8. The van der Waals surface area contributed by atoms with Crippen molar-refractivity contribution in [3.05, 3.63) is 41.1 Å². The van der Waals surface area contributed by atoms with Gasteiger partial charge in [-0.05, 0) is 6.07 Å². The van der Waals surface area contributed by atoms with E-state index in [-0.39, 0.29) is 28.3 Å². The second-order valence-electron chi connectivity index (χ2n) is 5.94. The lowest BCUT2D eigenvalue weighted by molar-refractivity contribution is -0.142. The molecule has 6 nitrogen and oxygen atoms in total. The van der Waals surface area contributed by atoms with Gasteiger partial charge in [-0.1, -0.05) is 93.5 Å². The fourth-order valence-electron chi connectivity index (χ4n) is 3.14. The lowest BCUT2D eigenvalue weighted by Gasteiger charge is -2.40. The van der Waals surface area contributed by atoms with Crippen LogP contribution < -0.4 is 4.74 Å². The Balaban J connectivity index is 3.00. The molecule has 1 aromatic rings. The Labute approximate surface area is 215 Å². The van der Waals surface area contributed by atoms with Crippen LogP contribution in [-0.2, 0) is 19.1 Å². The zero-order chi connectivity index (χ0) is 23.5. The monoisotopic (exact) mass is 713 g/mol. The quantitative estimate of drug-likeness (QED) is 0.270. The largest absolute Gasteiger partial charge is 0.467 e. The number of methoxy groups -OCH3 is 2. The van der Waals surface area contributed by atoms with Gasteiger partial charge in [0.15, 0.2) is 4.87 Å². The highest BCUT2D eigenvalue weighted by Gasteiger charge is 2.58. The minimum atomic E-state index is -3.16. The summed E-state index contributed by atoms with van der Waals surface area (Å²) < 4.78 is 39.3. The van der Waals surface area contributed by atoms with Crippen molar-refractivity contribution in [2.24, 2.45) is 4.99 Å². The second-order valence-corrected chi connectivity index (χ2v) is 12.7. The van der Waals surface area contributed by atoms with Gasteiger partial charge >= 0.3 is 18.6 Å². The molecule has 0 amide bonds. The van der Waals surface area contributed by atoms with Gasteiger partial charge in [0.1, 0.15) is 13.2 Å². The average Bonchev–Trinajstić information content (AvgIpc) is 2.71. The molecular formula is C18H14Br4ClF2NO5. The molecule has 1 aliphatic rings. The summed E-state index contributed by atoms with van der Waals surface area (Å²) >= 11 is 20.1. The number of ether oxygens (including phenoxy) is 3. The van der Waals surface area contributed by atoms with Crippen LogP contribution in [0.25, 0.3) is 0 Å². The average molecular weight is 717 g/mol. The lowest BCUT2D eigenvalue weighted by Crippen LogP contribution is -2.53. The van der Waals surface area contributed by atoms with Crippen LogP contribution >= 0.6 is 75.3 Å². The van der Waals surface area contributed by atoms with Crippen LogP contribution in [0.1, 0.15) is 11.5 Å². The first-order chi connectivity index (χ1) is 14.5. The third-order valence-electron chi connectivity index (χ3n) is 4.32. The van der Waals surface area contributed by atoms with Gasteiger partial charge in [0.05, 0.1) is 37.1 Å². The number of para-hydroxylation sites is 1. The number of carbonyl (C=O) groups excluding carboxylic acids is 2. The molecule has 1 aromatic carbocycles. The van der Waals surface area contributed by atoms with Crippen LogP contribution in [0.5, 0.6) is 5.75 Å². The molecule has 2 atom stereocenters. The molecule has 0 aromatic heterocycles. The minimum absolute atomic E-state index is 0.0319. The molecule has 0 saturated carbocycles. The molecule has 31 heavy (non-hydrogen) atoms. The fourth-order valence-corrected chi connectivity index (χ4v) is 5.48. The van der Waals surface area contributed by atoms with E-state index >= 15 is 0 Å². The number of alkyl halides is 7. The predicted molar refractivity (Wildman–Crippen MR) is 126 cm³/mol. The van der Waals surface area contributed by atoms with Crippen molar-refractivity contribution < 1.29 is 32.6 Å². The van der Waals surface area contributed by atoms with Crippen LogP contribution in [0, 0.1) is 0 Å². The number of halogens is 7. The van der Waals surface area contributed by atoms with Crippen molar-refractivity contribution in [2.75, 3.05) is 14.2 Å². The number of esters is 2. The Kier molecular flexibility index (Phi) is 9.51. The van der Waals surface area contributed by atoms with Gasteiger partial charge < -0.3 is 14.2 Å². The predicted octanol–water partition coefficient (Wildman–Crippen LogP) is 5.64. The normalized spacial score (nSPS) is 21.4. The molecule has 1 aliphatic heterocycles. The Morgan fingerprint density at radius 1 is 1.10 bits per heavy atom. The molecule has 13 heteroatoms. The lowest BCUT2D eigenvalue weighted by atomic mass is 9.74. The van der Waals surface area contributed by atoms with E-state index in [1.807, 2.05) is 0 Å². The van der Waals surface area contributed by atoms with Crippen LogP contribution in [0.3, 0.4) is 0 Å². The number of benzene rings is 1. The van der Waals surface area contributed by atoms with Gasteiger partial charge in [0, 0.05) is 5.56 Å². The van der Waals surface area contributed by atoms with Gasteiger partial charge in [-0.25, -0.2) is 9.59 Å². The number of allylic oxidation sites excluding steroid dienone is 1. The van der Waals surface area contributed by atoms with Crippen molar-refractivity contribution in [3.63, 3.8) is 0 Å². The Hall–Kier alpha value is -0.560. The van der Waals surface area contributed by atoms with Crippen molar-refractivity contribution in [3.8, 4) is 5.75 Å². The van der Waals surface area contributed by atoms with Gasteiger partial charge in [0.25, 0.3) is 0 Å². The van der Waals surface area contributed by atoms with Crippen LogP contribution in [-0.4, -0.2) is 50.8 Å². The SMILES string of the molecule is COC(=O)C1=C(C(Br)Br)N=C(C(Br)Br)C(Cl)(C(=O)OC)C1c1ccccc1OC(F)F. The van der Waals surface area contributed by atoms with E-state index in [9.17, 15) is 18.4 Å². The number of carbonyl (C=O) groups is 2. The van der Waals surface area contributed by atoms with E-state index in [1.54, 1.807) is 0 Å². The molecule has 0 bridgehead atoms. The van der Waals surface area contributed by atoms with E-state index in [2.05, 4.69) is 73.4 Å². The molecule has 0 saturated heterocycles. The molecule has 1 heterocycles. The van der Waals surface area contributed by atoms with Crippen molar-refractivity contribution >= 4 is 93.0 Å². The van der Waals surface area contributed by atoms with E-state index in [1.165, 1.54) is 24.3 Å². The Morgan fingerprint density at radius 2 is 1.71 bits per heavy atom. The Bertz CT molecular complexity index is 928. The number of hydrogen-bond donors (Lipinski definition) is 0. The molecule has 0 spiro atoms. The third-order valence-corrected chi connectivity index (χ3v) is 6.62. The highest BCUT2D eigenvalue weighted by Crippen LogP contribution is 2.52. The third kappa shape index (κ3) is 5.34. The Morgan fingerprint density at radius 3 is 2.19 bits per heavy atom.